The number of rotatable bonds is 1. The topological polar surface area (TPSA) is 20.3 Å². The molecule has 2 heterocycles. The van der Waals surface area contributed by atoms with E-state index in [4.69, 9.17) is 0 Å². The van der Waals surface area contributed by atoms with E-state index in [0.29, 0.717) is 12.1 Å². The predicted molar refractivity (Wildman–Crippen MR) is 48.0 cm³/mol. The normalized spacial score (nSPS) is 35.0. The van der Waals surface area contributed by atoms with Gasteiger partial charge in [0.05, 0.1) is 0 Å². The second-order valence-electron chi connectivity index (χ2n) is 3.86. The third-order valence-electron chi connectivity index (χ3n) is 3.22. The Hall–Kier alpha value is -0.630. The van der Waals surface area contributed by atoms with Gasteiger partial charge in [-0.25, -0.2) is 0 Å². The molecule has 0 aromatic carbocycles. The molecule has 2 nitrogen and oxygen atoms in total. The van der Waals surface area contributed by atoms with Crippen LogP contribution < -0.4 is 0 Å². The number of carbonyl (C=O) groups excluding carboxylic acids is 1. The van der Waals surface area contributed by atoms with Gasteiger partial charge < -0.3 is 0 Å². The molecule has 2 aliphatic heterocycles. The van der Waals surface area contributed by atoms with Crippen molar-refractivity contribution in [2.45, 2.75) is 38.3 Å². The van der Waals surface area contributed by atoms with Crippen LogP contribution in [-0.2, 0) is 4.79 Å². The monoisotopic (exact) mass is 165 g/mol. The molecule has 0 aromatic heterocycles. The molecule has 0 aromatic rings. The molecule has 0 aliphatic carbocycles. The average Bonchev–Trinajstić information content (AvgIpc) is 2.32. The first-order valence-electron chi connectivity index (χ1n) is 4.63. The Bertz CT molecular complexity index is 244. The lowest BCUT2D eigenvalue weighted by molar-refractivity contribution is -0.114. The minimum absolute atomic E-state index is 0.257. The van der Waals surface area contributed by atoms with Gasteiger partial charge >= 0.3 is 0 Å². The second-order valence-corrected chi connectivity index (χ2v) is 3.86. The van der Waals surface area contributed by atoms with Crippen molar-refractivity contribution in [2.75, 3.05) is 7.05 Å². The highest BCUT2D eigenvalue weighted by Gasteiger charge is 2.36. The first-order valence-corrected chi connectivity index (χ1v) is 4.63. The quantitative estimate of drug-likeness (QED) is 0.585. The minimum Gasteiger partial charge on any atom is -0.296 e. The smallest absolute Gasteiger partial charge is 0.157 e. The van der Waals surface area contributed by atoms with Crippen LogP contribution in [0.5, 0.6) is 0 Å². The first-order chi connectivity index (χ1) is 5.70. The third-order valence-corrected chi connectivity index (χ3v) is 3.22. The van der Waals surface area contributed by atoms with Crippen LogP contribution in [0.25, 0.3) is 0 Å². The van der Waals surface area contributed by atoms with Crippen LogP contribution in [-0.4, -0.2) is 29.8 Å². The fourth-order valence-electron chi connectivity index (χ4n) is 2.45. The Kier molecular flexibility index (Phi) is 1.80. The summed E-state index contributed by atoms with van der Waals surface area (Å²) in [6, 6.07) is 1.14. The Balaban J connectivity index is 2.27. The summed E-state index contributed by atoms with van der Waals surface area (Å²) in [4.78, 5) is 13.6. The molecule has 1 fully saturated rings. The number of nitrogens with zero attached hydrogens (tertiary/aromatic N) is 1. The molecule has 0 saturated carbocycles. The Morgan fingerprint density at radius 2 is 2.33 bits per heavy atom. The predicted octanol–water partition coefficient (Wildman–Crippen LogP) is 1.37. The molecule has 0 radical (unpaired) electrons. The number of carbonyl (C=O) groups is 1. The number of hydrogen-bond donors (Lipinski definition) is 0. The average molecular weight is 165 g/mol. The van der Waals surface area contributed by atoms with Crippen LogP contribution >= 0.6 is 0 Å². The lowest BCUT2D eigenvalue weighted by Crippen LogP contribution is -2.37. The Labute approximate surface area is 73.2 Å². The number of ketones is 1. The van der Waals surface area contributed by atoms with Crippen molar-refractivity contribution in [1.29, 1.82) is 0 Å². The summed E-state index contributed by atoms with van der Waals surface area (Å²) in [5.41, 5.74) is 1.05. The van der Waals surface area contributed by atoms with Crippen molar-refractivity contribution in [1.82, 2.24) is 4.90 Å². The van der Waals surface area contributed by atoms with Gasteiger partial charge in [-0.05, 0) is 33.2 Å². The van der Waals surface area contributed by atoms with E-state index in [1.54, 1.807) is 6.92 Å². The first kappa shape index (κ1) is 7.99. The molecule has 2 unspecified atom stereocenters. The molecule has 2 aliphatic rings. The van der Waals surface area contributed by atoms with Gasteiger partial charge in [0.25, 0.3) is 0 Å². The van der Waals surface area contributed by atoms with Crippen LogP contribution in [0, 0.1) is 0 Å². The second kappa shape index (κ2) is 2.70. The van der Waals surface area contributed by atoms with E-state index in [-0.39, 0.29) is 5.78 Å². The van der Waals surface area contributed by atoms with Crippen molar-refractivity contribution in [2.24, 2.45) is 0 Å². The van der Waals surface area contributed by atoms with Gasteiger partial charge in [-0.3, -0.25) is 9.69 Å². The van der Waals surface area contributed by atoms with Gasteiger partial charge in [-0.1, -0.05) is 6.08 Å². The maximum atomic E-state index is 11.2. The van der Waals surface area contributed by atoms with Gasteiger partial charge in [0, 0.05) is 17.7 Å². The molecule has 2 heteroatoms. The molecule has 2 bridgehead atoms. The number of Topliss-reactive ketones (excluding diaryl/α,β-unsaturated/α-hetero) is 1. The lowest BCUT2D eigenvalue weighted by Gasteiger charge is -2.30. The lowest BCUT2D eigenvalue weighted by atomic mass is 9.99. The van der Waals surface area contributed by atoms with Crippen LogP contribution in [0.2, 0.25) is 0 Å². The molecule has 2 atom stereocenters. The van der Waals surface area contributed by atoms with Gasteiger partial charge in [0.15, 0.2) is 5.78 Å². The Morgan fingerprint density at radius 1 is 1.58 bits per heavy atom. The summed E-state index contributed by atoms with van der Waals surface area (Å²) in [6.45, 7) is 1.68. The molecule has 0 N–H and O–H groups in total. The zero-order valence-electron chi connectivity index (χ0n) is 7.71. The van der Waals surface area contributed by atoms with Crippen molar-refractivity contribution in [3.8, 4) is 0 Å². The van der Waals surface area contributed by atoms with Gasteiger partial charge in [0.1, 0.15) is 0 Å². The van der Waals surface area contributed by atoms with Gasteiger partial charge in [-0.15, -0.1) is 0 Å². The standard InChI is InChI=1S/C10H15NO/c1-7(12)9-5-3-8-4-6-10(9)11(8)2/h5,8,10H,3-4,6H2,1-2H3. The zero-order chi connectivity index (χ0) is 8.72. The Morgan fingerprint density at radius 3 is 3.00 bits per heavy atom. The molecule has 0 spiro atoms. The van der Waals surface area contributed by atoms with E-state index in [1.165, 1.54) is 12.8 Å². The number of hydrogen-bond acceptors (Lipinski definition) is 2. The summed E-state index contributed by atoms with van der Waals surface area (Å²) in [5, 5.41) is 0. The van der Waals surface area contributed by atoms with Crippen molar-refractivity contribution >= 4 is 5.78 Å². The van der Waals surface area contributed by atoms with Gasteiger partial charge in [0.2, 0.25) is 0 Å². The van der Waals surface area contributed by atoms with Crippen LogP contribution in [0.1, 0.15) is 26.2 Å². The van der Waals surface area contributed by atoms with Crippen LogP contribution in [0.3, 0.4) is 0 Å². The minimum atomic E-state index is 0.257. The summed E-state index contributed by atoms with van der Waals surface area (Å²) < 4.78 is 0. The summed E-state index contributed by atoms with van der Waals surface area (Å²) in [5.74, 6) is 0.257. The van der Waals surface area contributed by atoms with Crippen molar-refractivity contribution in [3.05, 3.63) is 11.6 Å². The van der Waals surface area contributed by atoms with E-state index >= 15 is 0 Å². The van der Waals surface area contributed by atoms with Crippen molar-refractivity contribution in [3.63, 3.8) is 0 Å². The fraction of sp³-hybridized carbons (Fsp3) is 0.700. The summed E-state index contributed by atoms with van der Waals surface area (Å²) in [6.07, 6.45) is 5.65. The van der Waals surface area contributed by atoms with Crippen molar-refractivity contribution < 1.29 is 4.79 Å². The van der Waals surface area contributed by atoms with E-state index in [1.807, 2.05) is 0 Å². The third kappa shape index (κ3) is 1.02. The largest absolute Gasteiger partial charge is 0.296 e. The highest BCUT2D eigenvalue weighted by atomic mass is 16.1. The summed E-state index contributed by atoms with van der Waals surface area (Å²) >= 11 is 0. The van der Waals surface area contributed by atoms with E-state index in [9.17, 15) is 4.79 Å². The van der Waals surface area contributed by atoms with E-state index < -0.39 is 0 Å². The number of likely N-dealkylation sites (N-methyl/N-ethyl adjacent to an activating group) is 1. The maximum absolute atomic E-state index is 11.2. The molecular weight excluding hydrogens is 150 g/mol. The highest BCUT2D eigenvalue weighted by molar-refractivity contribution is 5.94. The SMILES string of the molecule is CC(=O)C1=CCC2CCC1N2C. The summed E-state index contributed by atoms with van der Waals surface area (Å²) in [7, 11) is 2.14. The van der Waals surface area contributed by atoms with Crippen LogP contribution in [0.4, 0.5) is 0 Å². The molecule has 2 rings (SSSR count). The maximum Gasteiger partial charge on any atom is 0.157 e. The van der Waals surface area contributed by atoms with Gasteiger partial charge in [-0.2, -0.15) is 0 Å². The highest BCUT2D eigenvalue weighted by Crippen LogP contribution is 2.34. The fourth-order valence-corrected chi connectivity index (χ4v) is 2.45. The molecule has 0 amide bonds. The molecule has 66 valence electrons. The molecular formula is C10H15NO. The molecule has 1 saturated heterocycles. The number of fused-ring (bicyclic) bond motifs is 2. The molecule has 12 heavy (non-hydrogen) atoms. The van der Waals surface area contributed by atoms with E-state index in [0.717, 1.165) is 12.0 Å². The van der Waals surface area contributed by atoms with E-state index in [2.05, 4.69) is 18.0 Å². The zero-order valence-corrected chi connectivity index (χ0v) is 7.71. The van der Waals surface area contributed by atoms with Crippen LogP contribution in [0.15, 0.2) is 11.6 Å².